The van der Waals surface area contributed by atoms with Gasteiger partial charge < -0.3 is 5.11 Å². The molecule has 0 saturated carbocycles. The van der Waals surface area contributed by atoms with Gasteiger partial charge in [-0.2, -0.15) is 0 Å². The fourth-order valence-electron chi connectivity index (χ4n) is 2.31. The second-order valence-electron chi connectivity index (χ2n) is 5.42. The molecule has 0 aromatic carbocycles. The summed E-state index contributed by atoms with van der Waals surface area (Å²) in [6.45, 7) is 7.87. The van der Waals surface area contributed by atoms with Gasteiger partial charge in [0.1, 0.15) is 5.82 Å². The third kappa shape index (κ3) is 2.25. The molecule has 0 fully saturated rings. The van der Waals surface area contributed by atoms with Gasteiger partial charge in [0.05, 0.1) is 5.60 Å². The summed E-state index contributed by atoms with van der Waals surface area (Å²) in [5.74, 6) is 1.35. The highest BCUT2D eigenvalue weighted by atomic mass is 16.3. The van der Waals surface area contributed by atoms with Gasteiger partial charge in [0, 0.05) is 17.7 Å². The Morgan fingerprint density at radius 3 is 2.72 bits per heavy atom. The van der Waals surface area contributed by atoms with Crippen molar-refractivity contribution >= 4 is 5.65 Å². The van der Waals surface area contributed by atoms with E-state index in [4.69, 9.17) is 0 Å². The molecule has 0 unspecified atom stereocenters. The molecule has 0 saturated heterocycles. The van der Waals surface area contributed by atoms with Crippen molar-refractivity contribution in [3.05, 3.63) is 29.7 Å². The van der Waals surface area contributed by atoms with Crippen LogP contribution < -0.4 is 0 Å². The number of fused-ring (bicyclic) bond motifs is 1. The highest BCUT2D eigenvalue weighted by Gasteiger charge is 2.22. The molecule has 0 aliphatic heterocycles. The van der Waals surface area contributed by atoms with Crippen LogP contribution in [0.5, 0.6) is 0 Å². The molecule has 1 atom stereocenters. The van der Waals surface area contributed by atoms with E-state index in [0.717, 1.165) is 29.9 Å². The van der Waals surface area contributed by atoms with Gasteiger partial charge in [0.15, 0.2) is 5.65 Å². The molecule has 1 N–H and O–H groups in total. The van der Waals surface area contributed by atoms with Crippen LogP contribution in [0.3, 0.4) is 0 Å². The monoisotopic (exact) mass is 247 g/mol. The van der Waals surface area contributed by atoms with Crippen LogP contribution in [-0.4, -0.2) is 19.7 Å². The topological polar surface area (TPSA) is 50.4 Å². The van der Waals surface area contributed by atoms with Gasteiger partial charge in [-0.3, -0.25) is 4.40 Å². The minimum absolute atomic E-state index is 0.377. The van der Waals surface area contributed by atoms with E-state index in [9.17, 15) is 5.11 Å². The largest absolute Gasteiger partial charge is 0.386 e. The van der Waals surface area contributed by atoms with Gasteiger partial charge in [-0.15, -0.1) is 10.2 Å². The predicted molar refractivity (Wildman–Crippen MR) is 71.6 cm³/mol. The minimum Gasteiger partial charge on any atom is -0.386 e. The molecule has 18 heavy (non-hydrogen) atoms. The van der Waals surface area contributed by atoms with E-state index in [1.807, 2.05) is 22.7 Å². The zero-order valence-electron chi connectivity index (χ0n) is 11.5. The minimum atomic E-state index is -0.902. The molecule has 0 bridgehead atoms. The first-order chi connectivity index (χ1) is 8.45. The van der Waals surface area contributed by atoms with Gasteiger partial charge in [-0.05, 0) is 26.3 Å². The number of aromatic nitrogens is 3. The Bertz CT molecular complexity index is 539. The van der Waals surface area contributed by atoms with E-state index in [0.29, 0.717) is 5.92 Å². The smallest absolute Gasteiger partial charge is 0.166 e. The predicted octanol–water partition coefficient (Wildman–Crippen LogP) is 2.86. The van der Waals surface area contributed by atoms with Gasteiger partial charge in [0.25, 0.3) is 0 Å². The van der Waals surface area contributed by atoms with E-state index >= 15 is 0 Å². The average Bonchev–Trinajstić information content (AvgIpc) is 2.71. The molecule has 98 valence electrons. The van der Waals surface area contributed by atoms with Crippen LogP contribution in [-0.2, 0) is 5.60 Å². The second-order valence-corrected chi connectivity index (χ2v) is 5.42. The first-order valence-corrected chi connectivity index (χ1v) is 6.51. The lowest BCUT2D eigenvalue weighted by Gasteiger charge is -2.18. The Morgan fingerprint density at radius 2 is 2.11 bits per heavy atom. The summed E-state index contributed by atoms with van der Waals surface area (Å²) in [4.78, 5) is 0. The van der Waals surface area contributed by atoms with E-state index in [-0.39, 0.29) is 0 Å². The van der Waals surface area contributed by atoms with Crippen LogP contribution in [0.1, 0.15) is 57.8 Å². The first kappa shape index (κ1) is 13.0. The Balaban J connectivity index is 2.55. The summed E-state index contributed by atoms with van der Waals surface area (Å²) >= 11 is 0. The maximum atomic E-state index is 10.2. The van der Waals surface area contributed by atoms with Gasteiger partial charge >= 0.3 is 0 Å². The van der Waals surface area contributed by atoms with Crippen LogP contribution in [0, 0.1) is 0 Å². The van der Waals surface area contributed by atoms with Crippen molar-refractivity contribution in [1.29, 1.82) is 0 Å². The van der Waals surface area contributed by atoms with Crippen LogP contribution in [0.2, 0.25) is 0 Å². The van der Waals surface area contributed by atoms with Crippen LogP contribution >= 0.6 is 0 Å². The maximum Gasteiger partial charge on any atom is 0.166 e. The number of nitrogens with zero attached hydrogens (tertiary/aromatic N) is 3. The van der Waals surface area contributed by atoms with Crippen molar-refractivity contribution in [2.45, 2.75) is 52.1 Å². The van der Waals surface area contributed by atoms with Crippen molar-refractivity contribution in [1.82, 2.24) is 14.6 Å². The first-order valence-electron chi connectivity index (χ1n) is 6.51. The Morgan fingerprint density at radius 1 is 1.39 bits per heavy atom. The summed E-state index contributed by atoms with van der Waals surface area (Å²) in [6, 6.07) is 3.84. The third-order valence-corrected chi connectivity index (χ3v) is 3.28. The SMILES string of the molecule is CCC[C@H](C)c1nnc2c(C(C)(C)O)cccn12. The van der Waals surface area contributed by atoms with Crippen LogP contribution in [0.25, 0.3) is 5.65 Å². The molecule has 4 heteroatoms. The fraction of sp³-hybridized carbons (Fsp3) is 0.571. The van der Waals surface area contributed by atoms with Crippen molar-refractivity contribution in [2.75, 3.05) is 0 Å². The molecular formula is C14H21N3O. The van der Waals surface area contributed by atoms with Gasteiger partial charge in [-0.1, -0.05) is 26.3 Å². The summed E-state index contributed by atoms with van der Waals surface area (Å²) in [5, 5.41) is 18.7. The molecule has 2 rings (SSSR count). The highest BCUT2D eigenvalue weighted by molar-refractivity contribution is 5.50. The van der Waals surface area contributed by atoms with Crippen molar-refractivity contribution < 1.29 is 5.11 Å². The fourth-order valence-corrected chi connectivity index (χ4v) is 2.31. The summed E-state index contributed by atoms with van der Waals surface area (Å²) in [5.41, 5.74) is 0.663. The quantitative estimate of drug-likeness (QED) is 0.903. The van der Waals surface area contributed by atoms with Crippen LogP contribution in [0.15, 0.2) is 18.3 Å². The Kier molecular flexibility index (Phi) is 3.39. The normalized spacial score (nSPS) is 14.1. The number of aliphatic hydroxyl groups is 1. The van der Waals surface area contributed by atoms with E-state index < -0.39 is 5.60 Å². The number of hydrogen-bond acceptors (Lipinski definition) is 3. The van der Waals surface area contributed by atoms with Crippen molar-refractivity contribution in [3.8, 4) is 0 Å². The lowest BCUT2D eigenvalue weighted by atomic mass is 9.99. The second kappa shape index (κ2) is 4.69. The molecule has 2 heterocycles. The summed E-state index contributed by atoms with van der Waals surface area (Å²) in [6.07, 6.45) is 4.18. The molecule has 0 aliphatic rings. The molecule has 4 nitrogen and oxygen atoms in total. The van der Waals surface area contributed by atoms with Crippen molar-refractivity contribution in [3.63, 3.8) is 0 Å². The summed E-state index contributed by atoms with van der Waals surface area (Å²) < 4.78 is 1.99. The lowest BCUT2D eigenvalue weighted by Crippen LogP contribution is -2.17. The van der Waals surface area contributed by atoms with Crippen LogP contribution in [0.4, 0.5) is 0 Å². The maximum absolute atomic E-state index is 10.2. The van der Waals surface area contributed by atoms with Gasteiger partial charge in [-0.25, -0.2) is 0 Å². The molecule has 0 spiro atoms. The highest BCUT2D eigenvalue weighted by Crippen LogP contribution is 2.26. The molecule has 0 radical (unpaired) electrons. The zero-order valence-corrected chi connectivity index (χ0v) is 11.5. The number of hydrogen-bond donors (Lipinski definition) is 1. The molecular weight excluding hydrogens is 226 g/mol. The van der Waals surface area contributed by atoms with E-state index in [1.165, 1.54) is 0 Å². The summed E-state index contributed by atoms with van der Waals surface area (Å²) in [7, 11) is 0. The average molecular weight is 247 g/mol. The molecule has 0 aliphatic carbocycles. The number of rotatable bonds is 4. The molecule has 0 amide bonds. The van der Waals surface area contributed by atoms with Crippen molar-refractivity contribution in [2.24, 2.45) is 0 Å². The van der Waals surface area contributed by atoms with E-state index in [2.05, 4.69) is 24.0 Å². The zero-order chi connectivity index (χ0) is 13.3. The van der Waals surface area contributed by atoms with E-state index in [1.54, 1.807) is 13.8 Å². The molecule has 2 aromatic rings. The third-order valence-electron chi connectivity index (χ3n) is 3.28. The van der Waals surface area contributed by atoms with Gasteiger partial charge in [0.2, 0.25) is 0 Å². The Labute approximate surface area is 108 Å². The molecule has 2 aromatic heterocycles. The lowest BCUT2D eigenvalue weighted by molar-refractivity contribution is 0.0796. The number of pyridine rings is 1. The standard InChI is InChI=1S/C14H21N3O/c1-5-7-10(2)12-15-16-13-11(14(3,4)18)8-6-9-17(12)13/h6,8-10,18H,5,7H2,1-4H3/t10-/m0/s1. The Hall–Kier alpha value is -1.42.